The SMILES string of the molecule is C=CCOCC(=O)N(C)C1CC2CCC(C1)N2.Cl. The van der Waals surface area contributed by atoms with Crippen molar-refractivity contribution in [2.45, 2.75) is 43.8 Å². The van der Waals surface area contributed by atoms with Gasteiger partial charge in [0.15, 0.2) is 0 Å². The van der Waals surface area contributed by atoms with E-state index in [0.717, 1.165) is 12.8 Å². The molecule has 2 bridgehead atoms. The Bertz CT molecular complexity index is 287. The van der Waals surface area contributed by atoms with Crippen LogP contribution in [0.25, 0.3) is 0 Å². The second kappa shape index (κ2) is 7.12. The van der Waals surface area contributed by atoms with Gasteiger partial charge in [-0.2, -0.15) is 0 Å². The molecule has 2 unspecified atom stereocenters. The molecular weight excluding hydrogens is 252 g/mol. The van der Waals surface area contributed by atoms with Crippen molar-refractivity contribution >= 4 is 18.3 Å². The second-order valence-electron chi connectivity index (χ2n) is 5.07. The lowest BCUT2D eigenvalue weighted by Crippen LogP contribution is -2.49. The van der Waals surface area contributed by atoms with Gasteiger partial charge in [-0.1, -0.05) is 6.08 Å². The van der Waals surface area contributed by atoms with Crippen molar-refractivity contribution in [3.63, 3.8) is 0 Å². The van der Waals surface area contributed by atoms with Crippen LogP contribution in [0, 0.1) is 0 Å². The van der Waals surface area contributed by atoms with Gasteiger partial charge in [0.2, 0.25) is 5.91 Å². The summed E-state index contributed by atoms with van der Waals surface area (Å²) < 4.78 is 5.20. The molecule has 2 atom stereocenters. The third-order valence-electron chi connectivity index (χ3n) is 3.85. The van der Waals surface area contributed by atoms with Gasteiger partial charge in [0.25, 0.3) is 0 Å². The summed E-state index contributed by atoms with van der Waals surface area (Å²) in [5.74, 6) is 0.0816. The topological polar surface area (TPSA) is 41.6 Å². The summed E-state index contributed by atoms with van der Waals surface area (Å²) in [5.41, 5.74) is 0. The molecule has 0 aromatic carbocycles. The highest BCUT2D eigenvalue weighted by molar-refractivity contribution is 5.85. The molecule has 2 aliphatic rings. The summed E-state index contributed by atoms with van der Waals surface area (Å²) in [4.78, 5) is 13.8. The Balaban J connectivity index is 0.00000162. The zero-order chi connectivity index (χ0) is 12.3. The van der Waals surface area contributed by atoms with Gasteiger partial charge in [-0.05, 0) is 25.7 Å². The minimum Gasteiger partial charge on any atom is -0.368 e. The largest absolute Gasteiger partial charge is 0.368 e. The number of fused-ring (bicyclic) bond motifs is 2. The molecule has 0 aromatic rings. The number of likely N-dealkylation sites (N-methyl/N-ethyl adjacent to an activating group) is 1. The molecule has 2 heterocycles. The summed E-state index contributed by atoms with van der Waals surface area (Å²) in [6.45, 7) is 4.17. The minimum absolute atomic E-state index is 0. The number of ether oxygens (including phenoxy) is 1. The molecular formula is C13H23ClN2O2. The molecule has 18 heavy (non-hydrogen) atoms. The van der Waals surface area contributed by atoms with Crippen LogP contribution in [0.5, 0.6) is 0 Å². The number of carbonyl (C=O) groups excluding carboxylic acids is 1. The zero-order valence-electron chi connectivity index (χ0n) is 10.9. The molecule has 2 saturated heterocycles. The molecule has 0 aliphatic carbocycles. The number of nitrogens with zero attached hydrogens (tertiary/aromatic N) is 1. The molecule has 0 radical (unpaired) electrons. The lowest BCUT2D eigenvalue weighted by Gasteiger charge is -2.35. The van der Waals surface area contributed by atoms with Gasteiger partial charge >= 0.3 is 0 Å². The van der Waals surface area contributed by atoms with E-state index < -0.39 is 0 Å². The fourth-order valence-electron chi connectivity index (χ4n) is 2.88. The molecule has 1 amide bonds. The lowest BCUT2D eigenvalue weighted by atomic mass is 9.98. The van der Waals surface area contributed by atoms with Crippen LogP contribution < -0.4 is 5.32 Å². The number of nitrogens with one attached hydrogen (secondary N) is 1. The molecule has 104 valence electrons. The van der Waals surface area contributed by atoms with Crippen LogP contribution >= 0.6 is 12.4 Å². The molecule has 0 aromatic heterocycles. The van der Waals surface area contributed by atoms with Crippen LogP contribution in [0.15, 0.2) is 12.7 Å². The monoisotopic (exact) mass is 274 g/mol. The maximum atomic E-state index is 11.9. The number of rotatable bonds is 5. The van der Waals surface area contributed by atoms with E-state index in [0.29, 0.717) is 24.7 Å². The Hall–Kier alpha value is -0.580. The fourth-order valence-corrected chi connectivity index (χ4v) is 2.88. The standard InChI is InChI=1S/C13H22N2O2.ClH/c1-3-6-17-9-13(16)15(2)12-7-10-4-5-11(8-12)14-10;/h3,10-12,14H,1,4-9H2,2H3;1H. The van der Waals surface area contributed by atoms with Crippen LogP contribution in [0.3, 0.4) is 0 Å². The number of amides is 1. The highest BCUT2D eigenvalue weighted by Gasteiger charge is 2.36. The Labute approximate surface area is 115 Å². The Kier molecular flexibility index (Phi) is 6.12. The maximum absolute atomic E-state index is 11.9. The molecule has 2 rings (SSSR count). The van der Waals surface area contributed by atoms with Gasteiger partial charge in [0.05, 0.1) is 6.61 Å². The van der Waals surface area contributed by atoms with Crippen molar-refractivity contribution in [3.8, 4) is 0 Å². The second-order valence-corrected chi connectivity index (χ2v) is 5.07. The number of halogens is 1. The van der Waals surface area contributed by atoms with E-state index in [2.05, 4.69) is 11.9 Å². The van der Waals surface area contributed by atoms with Crippen molar-refractivity contribution in [1.82, 2.24) is 10.2 Å². The fraction of sp³-hybridized carbons (Fsp3) is 0.769. The van der Waals surface area contributed by atoms with E-state index in [-0.39, 0.29) is 24.9 Å². The van der Waals surface area contributed by atoms with E-state index in [4.69, 9.17) is 4.74 Å². The van der Waals surface area contributed by atoms with Gasteiger partial charge in [0.1, 0.15) is 6.61 Å². The average molecular weight is 275 g/mol. The van der Waals surface area contributed by atoms with Gasteiger partial charge in [-0.15, -0.1) is 19.0 Å². The van der Waals surface area contributed by atoms with Crippen molar-refractivity contribution in [1.29, 1.82) is 0 Å². The minimum atomic E-state index is 0. The van der Waals surface area contributed by atoms with E-state index in [1.54, 1.807) is 6.08 Å². The molecule has 2 fully saturated rings. The summed E-state index contributed by atoms with van der Waals surface area (Å²) in [6.07, 6.45) is 6.35. The summed E-state index contributed by atoms with van der Waals surface area (Å²) in [6, 6.07) is 1.61. The van der Waals surface area contributed by atoms with E-state index in [1.807, 2.05) is 11.9 Å². The molecule has 4 nitrogen and oxygen atoms in total. The number of hydrogen-bond donors (Lipinski definition) is 1. The van der Waals surface area contributed by atoms with Crippen LogP contribution in [0.4, 0.5) is 0 Å². The first-order chi connectivity index (χ1) is 8.20. The van der Waals surface area contributed by atoms with E-state index in [9.17, 15) is 4.79 Å². The lowest BCUT2D eigenvalue weighted by molar-refractivity contribution is -0.137. The predicted molar refractivity (Wildman–Crippen MR) is 74.0 cm³/mol. The van der Waals surface area contributed by atoms with Crippen LogP contribution in [0.1, 0.15) is 25.7 Å². The average Bonchev–Trinajstić information content (AvgIpc) is 2.67. The Morgan fingerprint density at radius 2 is 2.06 bits per heavy atom. The third-order valence-corrected chi connectivity index (χ3v) is 3.85. The number of hydrogen-bond acceptors (Lipinski definition) is 3. The summed E-state index contributed by atoms with van der Waals surface area (Å²) >= 11 is 0. The predicted octanol–water partition coefficient (Wildman–Crippen LogP) is 1.35. The molecule has 1 N–H and O–H groups in total. The van der Waals surface area contributed by atoms with Gasteiger partial charge < -0.3 is 15.0 Å². The van der Waals surface area contributed by atoms with Gasteiger partial charge in [-0.3, -0.25) is 4.79 Å². The molecule has 5 heteroatoms. The number of carbonyl (C=O) groups is 1. The van der Waals surface area contributed by atoms with Gasteiger partial charge in [-0.25, -0.2) is 0 Å². The smallest absolute Gasteiger partial charge is 0.248 e. The summed E-state index contributed by atoms with van der Waals surface area (Å²) in [5, 5.41) is 3.58. The first-order valence-corrected chi connectivity index (χ1v) is 6.41. The number of piperidine rings is 1. The van der Waals surface area contributed by atoms with E-state index >= 15 is 0 Å². The summed E-state index contributed by atoms with van der Waals surface area (Å²) in [7, 11) is 1.90. The van der Waals surface area contributed by atoms with Crippen molar-refractivity contribution in [3.05, 3.63) is 12.7 Å². The Morgan fingerprint density at radius 3 is 2.61 bits per heavy atom. The van der Waals surface area contributed by atoms with Crippen molar-refractivity contribution < 1.29 is 9.53 Å². The van der Waals surface area contributed by atoms with Crippen LogP contribution in [0.2, 0.25) is 0 Å². The van der Waals surface area contributed by atoms with Crippen molar-refractivity contribution in [2.75, 3.05) is 20.3 Å². The third kappa shape index (κ3) is 3.70. The normalized spacial score (nSPS) is 29.5. The first kappa shape index (κ1) is 15.5. The quantitative estimate of drug-likeness (QED) is 0.608. The highest BCUT2D eigenvalue weighted by Crippen LogP contribution is 2.29. The maximum Gasteiger partial charge on any atom is 0.248 e. The van der Waals surface area contributed by atoms with Crippen molar-refractivity contribution in [2.24, 2.45) is 0 Å². The highest BCUT2D eigenvalue weighted by atomic mass is 35.5. The van der Waals surface area contributed by atoms with E-state index in [1.165, 1.54) is 12.8 Å². The van der Waals surface area contributed by atoms with Crippen LogP contribution in [-0.4, -0.2) is 49.2 Å². The van der Waals surface area contributed by atoms with Crippen LogP contribution in [-0.2, 0) is 9.53 Å². The molecule has 0 spiro atoms. The molecule has 0 saturated carbocycles. The first-order valence-electron chi connectivity index (χ1n) is 6.41. The molecule has 2 aliphatic heterocycles. The Morgan fingerprint density at radius 1 is 1.44 bits per heavy atom. The zero-order valence-corrected chi connectivity index (χ0v) is 11.7. The van der Waals surface area contributed by atoms with Gasteiger partial charge in [0, 0.05) is 25.2 Å².